The molecule has 0 aromatic heterocycles. The van der Waals surface area contributed by atoms with E-state index in [0.29, 0.717) is 5.69 Å². The van der Waals surface area contributed by atoms with Crippen molar-refractivity contribution in [1.29, 1.82) is 5.26 Å². The lowest BCUT2D eigenvalue weighted by Gasteiger charge is -2.35. The zero-order chi connectivity index (χ0) is 20.6. The number of nitrogens with one attached hydrogen (secondary N) is 1. The van der Waals surface area contributed by atoms with Gasteiger partial charge in [0.05, 0.1) is 17.4 Å². The molecule has 1 aromatic rings. The minimum Gasteiger partial charge on any atom is -0.503 e. The molecule has 2 aliphatic rings. The van der Waals surface area contributed by atoms with Crippen LogP contribution in [0.15, 0.2) is 42.2 Å². The van der Waals surface area contributed by atoms with E-state index < -0.39 is 11.7 Å². The molecule has 0 radical (unpaired) electrons. The fourth-order valence-electron chi connectivity index (χ4n) is 3.74. The van der Waals surface area contributed by atoms with Gasteiger partial charge in [0.15, 0.2) is 5.76 Å². The standard InChI is InChI=1S/C22H29N5O2/c1-25-13-15-26(16-14-25)18-8-9-20(27-11-5-2-6-12-27)19(17-18)24-22(29)21(28)7-3-4-10-23/h3-4,7-9,17,28H,2,5-6,11-16H2,1H3,(H,24,29)/b4-3+,21-7-. The Morgan fingerprint density at radius 1 is 1.10 bits per heavy atom. The first-order chi connectivity index (χ1) is 14.1. The lowest BCUT2D eigenvalue weighted by Crippen LogP contribution is -2.44. The maximum absolute atomic E-state index is 12.5. The highest BCUT2D eigenvalue weighted by Crippen LogP contribution is 2.33. The molecule has 3 rings (SSSR count). The highest BCUT2D eigenvalue weighted by atomic mass is 16.3. The summed E-state index contributed by atoms with van der Waals surface area (Å²) in [5.74, 6) is -1.01. The van der Waals surface area contributed by atoms with Gasteiger partial charge in [-0.15, -0.1) is 0 Å². The zero-order valence-electron chi connectivity index (χ0n) is 17.0. The Hall–Kier alpha value is -2.98. The summed E-state index contributed by atoms with van der Waals surface area (Å²) in [4.78, 5) is 19.4. The summed E-state index contributed by atoms with van der Waals surface area (Å²) in [7, 11) is 2.12. The highest BCUT2D eigenvalue weighted by molar-refractivity contribution is 6.04. The van der Waals surface area contributed by atoms with Crippen LogP contribution in [0.1, 0.15) is 19.3 Å². The van der Waals surface area contributed by atoms with Gasteiger partial charge >= 0.3 is 0 Å². The Labute approximate surface area is 172 Å². The first-order valence-corrected chi connectivity index (χ1v) is 10.2. The smallest absolute Gasteiger partial charge is 0.290 e. The van der Waals surface area contributed by atoms with Crippen LogP contribution in [0.4, 0.5) is 17.1 Å². The van der Waals surface area contributed by atoms with Gasteiger partial charge in [-0.25, -0.2) is 0 Å². The number of carbonyl (C=O) groups excluding carboxylic acids is 1. The fraction of sp³-hybridized carbons (Fsp3) is 0.455. The monoisotopic (exact) mass is 395 g/mol. The van der Waals surface area contributed by atoms with E-state index in [1.54, 1.807) is 0 Å². The molecule has 0 bridgehead atoms. The van der Waals surface area contributed by atoms with Gasteiger partial charge in [0, 0.05) is 51.0 Å². The van der Waals surface area contributed by atoms with E-state index in [2.05, 4.69) is 39.2 Å². The van der Waals surface area contributed by atoms with Crippen LogP contribution in [0.3, 0.4) is 0 Å². The van der Waals surface area contributed by atoms with Crippen LogP contribution in [0.5, 0.6) is 0 Å². The molecule has 29 heavy (non-hydrogen) atoms. The minimum atomic E-state index is -0.582. The number of rotatable bonds is 5. The van der Waals surface area contributed by atoms with Crippen LogP contribution in [0.2, 0.25) is 0 Å². The molecule has 1 amide bonds. The highest BCUT2D eigenvalue weighted by Gasteiger charge is 2.20. The summed E-state index contributed by atoms with van der Waals surface area (Å²) in [6.45, 7) is 5.82. The average molecular weight is 396 g/mol. The number of hydrogen-bond donors (Lipinski definition) is 2. The van der Waals surface area contributed by atoms with Gasteiger partial charge in [-0.05, 0) is 56.7 Å². The molecule has 2 fully saturated rings. The molecular formula is C22H29N5O2. The zero-order valence-corrected chi connectivity index (χ0v) is 17.0. The normalized spacial score (nSPS) is 18.7. The van der Waals surface area contributed by atoms with Crippen molar-refractivity contribution in [2.45, 2.75) is 19.3 Å². The topological polar surface area (TPSA) is 82.8 Å². The number of aliphatic hydroxyl groups excluding tert-OH is 1. The number of carbonyl (C=O) groups is 1. The number of hydrogen-bond acceptors (Lipinski definition) is 6. The number of likely N-dealkylation sites (N-methyl/N-ethyl adjacent to an activating group) is 1. The molecule has 2 aliphatic heterocycles. The van der Waals surface area contributed by atoms with Gasteiger partial charge in [-0.2, -0.15) is 5.26 Å². The predicted octanol–water partition coefficient (Wildman–Crippen LogP) is 2.89. The lowest BCUT2D eigenvalue weighted by atomic mass is 10.1. The van der Waals surface area contributed by atoms with E-state index in [1.165, 1.54) is 24.6 Å². The largest absolute Gasteiger partial charge is 0.503 e. The predicted molar refractivity (Wildman–Crippen MR) is 116 cm³/mol. The van der Waals surface area contributed by atoms with Crippen LogP contribution in [0.25, 0.3) is 0 Å². The molecule has 0 atom stereocenters. The summed E-state index contributed by atoms with van der Waals surface area (Å²) in [6.07, 6.45) is 7.28. The number of nitrogens with zero attached hydrogens (tertiary/aromatic N) is 4. The molecule has 1 aromatic carbocycles. The van der Waals surface area contributed by atoms with Gasteiger partial charge in [0.1, 0.15) is 0 Å². The summed E-state index contributed by atoms with van der Waals surface area (Å²) < 4.78 is 0. The number of piperazine rings is 1. The van der Waals surface area contributed by atoms with Gasteiger partial charge in [-0.3, -0.25) is 4.79 Å². The van der Waals surface area contributed by atoms with Crippen molar-refractivity contribution < 1.29 is 9.90 Å². The number of benzene rings is 1. The fourth-order valence-corrected chi connectivity index (χ4v) is 3.74. The van der Waals surface area contributed by atoms with Crippen LogP contribution in [-0.4, -0.2) is 62.2 Å². The van der Waals surface area contributed by atoms with Crippen molar-refractivity contribution in [3.63, 3.8) is 0 Å². The van der Waals surface area contributed by atoms with Crippen molar-refractivity contribution in [2.24, 2.45) is 0 Å². The summed E-state index contributed by atoms with van der Waals surface area (Å²) in [6, 6.07) is 8.03. The first-order valence-electron chi connectivity index (χ1n) is 10.2. The molecule has 0 unspecified atom stereocenters. The van der Waals surface area contributed by atoms with Crippen molar-refractivity contribution in [2.75, 3.05) is 61.4 Å². The van der Waals surface area contributed by atoms with Gasteiger partial charge < -0.3 is 25.1 Å². The van der Waals surface area contributed by atoms with E-state index in [0.717, 1.165) is 63.5 Å². The second kappa shape index (κ2) is 9.99. The Morgan fingerprint density at radius 2 is 1.83 bits per heavy atom. The third-order valence-corrected chi connectivity index (χ3v) is 5.45. The van der Waals surface area contributed by atoms with Crippen LogP contribution < -0.4 is 15.1 Å². The van der Waals surface area contributed by atoms with Crippen molar-refractivity contribution >= 4 is 23.0 Å². The van der Waals surface area contributed by atoms with Gasteiger partial charge in [-0.1, -0.05) is 0 Å². The molecule has 0 aliphatic carbocycles. The van der Waals surface area contributed by atoms with Crippen LogP contribution in [0, 0.1) is 11.3 Å². The average Bonchev–Trinajstić information content (AvgIpc) is 2.75. The molecule has 7 heteroatoms. The molecule has 0 saturated carbocycles. The van der Waals surface area contributed by atoms with E-state index in [9.17, 15) is 9.90 Å². The Morgan fingerprint density at radius 3 is 2.52 bits per heavy atom. The quantitative estimate of drug-likeness (QED) is 0.345. The van der Waals surface area contributed by atoms with Gasteiger partial charge in [0.2, 0.25) is 0 Å². The third-order valence-electron chi connectivity index (χ3n) is 5.45. The summed E-state index contributed by atoms with van der Waals surface area (Å²) >= 11 is 0. The van der Waals surface area contributed by atoms with E-state index >= 15 is 0 Å². The maximum Gasteiger partial charge on any atom is 0.290 e. The van der Waals surface area contributed by atoms with Gasteiger partial charge in [0.25, 0.3) is 5.91 Å². The number of nitriles is 1. The second-order valence-corrected chi connectivity index (χ2v) is 7.53. The summed E-state index contributed by atoms with van der Waals surface area (Å²) in [5, 5.41) is 21.4. The number of amides is 1. The minimum absolute atomic E-state index is 0.425. The lowest BCUT2D eigenvalue weighted by molar-refractivity contribution is -0.115. The second-order valence-electron chi connectivity index (χ2n) is 7.53. The van der Waals surface area contributed by atoms with E-state index in [4.69, 9.17) is 5.26 Å². The Bertz CT molecular complexity index is 813. The Kier molecular flexibility index (Phi) is 7.14. The van der Waals surface area contributed by atoms with Crippen LogP contribution >= 0.6 is 0 Å². The molecular weight excluding hydrogens is 366 g/mol. The number of anilines is 3. The van der Waals surface area contributed by atoms with Crippen molar-refractivity contribution in [3.8, 4) is 6.07 Å². The van der Waals surface area contributed by atoms with E-state index in [-0.39, 0.29) is 0 Å². The molecule has 2 saturated heterocycles. The summed E-state index contributed by atoms with van der Waals surface area (Å²) in [5.41, 5.74) is 2.76. The SMILES string of the molecule is CN1CCN(c2ccc(N3CCCCC3)c(NC(=O)/C(O)=C/C=C/C#N)c2)CC1. The molecule has 154 valence electrons. The van der Waals surface area contributed by atoms with Crippen molar-refractivity contribution in [3.05, 3.63) is 42.2 Å². The first kappa shape index (κ1) is 20.7. The Balaban J connectivity index is 1.85. The number of allylic oxidation sites excluding steroid dienone is 3. The molecule has 0 spiro atoms. The van der Waals surface area contributed by atoms with Crippen LogP contribution in [-0.2, 0) is 4.79 Å². The number of piperidine rings is 1. The molecule has 2 N–H and O–H groups in total. The maximum atomic E-state index is 12.5. The third kappa shape index (κ3) is 5.52. The molecule has 2 heterocycles. The molecule has 7 nitrogen and oxygen atoms in total. The number of aliphatic hydroxyl groups is 1. The van der Waals surface area contributed by atoms with E-state index in [1.807, 2.05) is 12.1 Å². The van der Waals surface area contributed by atoms with Crippen molar-refractivity contribution in [1.82, 2.24) is 4.90 Å².